The van der Waals surface area contributed by atoms with E-state index in [1.807, 2.05) is 6.92 Å². The molecule has 1 aromatic rings. The molecule has 2 atom stereocenters. The third-order valence-corrected chi connectivity index (χ3v) is 5.09. The van der Waals surface area contributed by atoms with Crippen LogP contribution in [0.25, 0.3) is 6.08 Å². The summed E-state index contributed by atoms with van der Waals surface area (Å²) in [6.45, 7) is 6.17. The third-order valence-electron chi connectivity index (χ3n) is 4.22. The van der Waals surface area contributed by atoms with Crippen LogP contribution < -0.4 is 10.1 Å². The summed E-state index contributed by atoms with van der Waals surface area (Å²) >= 11 is 5.44. The SMILES string of the molecule is CC(C)C(C)C(C#N)NC(=S)c1ccc2c(c1)C=C(OS(C)(=O)=O)CO2. The van der Waals surface area contributed by atoms with Gasteiger partial charge in [0.2, 0.25) is 0 Å². The molecule has 2 rings (SSSR count). The normalized spacial score (nSPS) is 15.8. The fourth-order valence-electron chi connectivity index (χ4n) is 2.43. The fourth-order valence-corrected chi connectivity index (χ4v) is 3.17. The molecule has 0 bridgehead atoms. The second-order valence-electron chi connectivity index (χ2n) is 6.62. The van der Waals surface area contributed by atoms with Crippen LogP contribution in [-0.2, 0) is 14.3 Å². The maximum absolute atomic E-state index is 11.3. The number of nitrogens with zero attached hydrogens (tertiary/aromatic N) is 1. The highest BCUT2D eigenvalue weighted by Gasteiger charge is 2.22. The Labute approximate surface area is 159 Å². The van der Waals surface area contributed by atoms with Gasteiger partial charge in [-0.25, -0.2) is 0 Å². The van der Waals surface area contributed by atoms with Gasteiger partial charge in [-0.3, -0.25) is 0 Å². The van der Waals surface area contributed by atoms with E-state index in [1.165, 1.54) is 0 Å². The van der Waals surface area contributed by atoms with Crippen molar-refractivity contribution < 1.29 is 17.3 Å². The molecule has 0 saturated carbocycles. The lowest BCUT2D eigenvalue weighted by molar-refractivity contribution is 0.279. The first-order valence-electron chi connectivity index (χ1n) is 8.18. The van der Waals surface area contributed by atoms with Gasteiger partial charge in [-0.15, -0.1) is 0 Å². The van der Waals surface area contributed by atoms with E-state index in [0.29, 0.717) is 22.2 Å². The van der Waals surface area contributed by atoms with Crippen molar-refractivity contribution in [3.8, 4) is 11.8 Å². The summed E-state index contributed by atoms with van der Waals surface area (Å²) in [4.78, 5) is 0.455. The smallest absolute Gasteiger partial charge is 0.306 e. The van der Waals surface area contributed by atoms with Crippen LogP contribution in [0.15, 0.2) is 24.0 Å². The van der Waals surface area contributed by atoms with E-state index in [-0.39, 0.29) is 18.3 Å². The molecule has 2 unspecified atom stereocenters. The Bertz CT molecular complexity index is 870. The first kappa shape index (κ1) is 20.2. The molecular weight excluding hydrogens is 372 g/mol. The first-order valence-corrected chi connectivity index (χ1v) is 10.4. The maximum Gasteiger partial charge on any atom is 0.306 e. The van der Waals surface area contributed by atoms with Gasteiger partial charge in [0.1, 0.15) is 23.4 Å². The Morgan fingerprint density at radius 3 is 2.65 bits per heavy atom. The van der Waals surface area contributed by atoms with Gasteiger partial charge < -0.3 is 14.2 Å². The summed E-state index contributed by atoms with van der Waals surface area (Å²) in [6.07, 6.45) is 2.60. The van der Waals surface area contributed by atoms with Crippen LogP contribution in [0.2, 0.25) is 0 Å². The molecule has 8 heteroatoms. The summed E-state index contributed by atoms with van der Waals surface area (Å²) in [6, 6.07) is 7.21. The minimum Gasteiger partial charge on any atom is -0.485 e. The molecule has 26 heavy (non-hydrogen) atoms. The predicted molar refractivity (Wildman–Crippen MR) is 104 cm³/mol. The first-order chi connectivity index (χ1) is 12.1. The van der Waals surface area contributed by atoms with Gasteiger partial charge in [0.05, 0.1) is 12.3 Å². The predicted octanol–water partition coefficient (Wildman–Crippen LogP) is 2.85. The monoisotopic (exact) mass is 394 g/mol. The zero-order valence-electron chi connectivity index (χ0n) is 15.1. The van der Waals surface area contributed by atoms with Crippen molar-refractivity contribution in [1.29, 1.82) is 5.26 Å². The molecule has 0 spiro atoms. The highest BCUT2D eigenvalue weighted by molar-refractivity contribution is 7.86. The second kappa shape index (κ2) is 8.06. The lowest BCUT2D eigenvalue weighted by Gasteiger charge is -2.24. The standard InChI is InChI=1S/C18H22N2O4S2/c1-11(2)12(3)16(9-19)20-18(25)13-5-6-17-14(7-13)8-15(10-23-17)24-26(4,21)22/h5-8,11-12,16H,10H2,1-4H3,(H,20,25). The average molecular weight is 395 g/mol. The molecular formula is C18H22N2O4S2. The Balaban J connectivity index is 2.22. The summed E-state index contributed by atoms with van der Waals surface area (Å²) < 4.78 is 33.0. The van der Waals surface area contributed by atoms with Crippen LogP contribution in [-0.4, -0.2) is 32.3 Å². The molecule has 0 amide bonds. The maximum atomic E-state index is 11.3. The average Bonchev–Trinajstić information content (AvgIpc) is 2.56. The van der Waals surface area contributed by atoms with Crippen molar-refractivity contribution >= 4 is 33.4 Å². The zero-order valence-corrected chi connectivity index (χ0v) is 16.8. The Morgan fingerprint density at radius 1 is 1.38 bits per heavy atom. The topological polar surface area (TPSA) is 88.4 Å². The number of nitrogens with one attached hydrogen (secondary N) is 1. The van der Waals surface area contributed by atoms with Crippen molar-refractivity contribution in [2.45, 2.75) is 26.8 Å². The number of hydrogen-bond acceptors (Lipinski definition) is 6. The molecule has 1 aliphatic heterocycles. The minimum atomic E-state index is -3.61. The number of ether oxygens (including phenoxy) is 1. The molecule has 1 N–H and O–H groups in total. The van der Waals surface area contributed by atoms with Gasteiger partial charge in [-0.1, -0.05) is 33.0 Å². The van der Waals surface area contributed by atoms with Gasteiger partial charge in [0.25, 0.3) is 0 Å². The largest absolute Gasteiger partial charge is 0.485 e. The highest BCUT2D eigenvalue weighted by atomic mass is 32.2. The number of nitriles is 1. The number of hydrogen-bond donors (Lipinski definition) is 1. The van der Waals surface area contributed by atoms with E-state index >= 15 is 0 Å². The number of thiocarbonyl (C=S) groups is 1. The molecule has 0 fully saturated rings. The Kier molecular flexibility index (Phi) is 6.26. The zero-order chi connectivity index (χ0) is 19.5. The third kappa shape index (κ3) is 5.19. The number of fused-ring (bicyclic) bond motifs is 1. The Hall–Kier alpha value is -2.11. The van der Waals surface area contributed by atoms with Crippen molar-refractivity contribution in [3.05, 3.63) is 35.1 Å². The number of benzene rings is 1. The van der Waals surface area contributed by atoms with E-state index in [4.69, 9.17) is 21.1 Å². The van der Waals surface area contributed by atoms with Crippen LogP contribution >= 0.6 is 12.2 Å². The van der Waals surface area contributed by atoms with Crippen molar-refractivity contribution in [2.24, 2.45) is 11.8 Å². The molecule has 1 aliphatic rings. The van der Waals surface area contributed by atoms with Crippen LogP contribution in [0.5, 0.6) is 5.75 Å². The van der Waals surface area contributed by atoms with Gasteiger partial charge in [0.15, 0.2) is 5.76 Å². The number of rotatable bonds is 6. The van der Waals surface area contributed by atoms with Crippen molar-refractivity contribution in [2.75, 3.05) is 12.9 Å². The van der Waals surface area contributed by atoms with Crippen LogP contribution in [0.4, 0.5) is 0 Å². The van der Waals surface area contributed by atoms with E-state index in [0.717, 1.165) is 11.8 Å². The molecule has 0 radical (unpaired) electrons. The quantitative estimate of drug-likeness (QED) is 0.586. The lowest BCUT2D eigenvalue weighted by atomic mass is 9.91. The molecule has 0 saturated heterocycles. The van der Waals surface area contributed by atoms with E-state index in [1.54, 1.807) is 24.3 Å². The lowest BCUT2D eigenvalue weighted by Crippen LogP contribution is -2.39. The molecule has 6 nitrogen and oxygen atoms in total. The minimum absolute atomic E-state index is 0.0462. The van der Waals surface area contributed by atoms with Gasteiger partial charge in [0, 0.05) is 11.1 Å². The fraction of sp³-hybridized carbons (Fsp3) is 0.444. The molecule has 140 valence electrons. The Morgan fingerprint density at radius 2 is 2.08 bits per heavy atom. The van der Waals surface area contributed by atoms with Crippen LogP contribution in [0.1, 0.15) is 31.9 Å². The molecule has 1 aromatic carbocycles. The van der Waals surface area contributed by atoms with Gasteiger partial charge in [-0.05, 0) is 36.1 Å². The highest BCUT2D eigenvalue weighted by Crippen LogP contribution is 2.28. The van der Waals surface area contributed by atoms with Crippen LogP contribution in [0.3, 0.4) is 0 Å². The summed E-state index contributed by atoms with van der Waals surface area (Å²) in [5.74, 6) is 1.29. The van der Waals surface area contributed by atoms with Gasteiger partial charge >= 0.3 is 10.1 Å². The van der Waals surface area contributed by atoms with Gasteiger partial charge in [-0.2, -0.15) is 13.7 Å². The van der Waals surface area contributed by atoms with E-state index in [9.17, 15) is 13.7 Å². The summed E-state index contributed by atoms with van der Waals surface area (Å²) in [7, 11) is -3.61. The second-order valence-corrected chi connectivity index (χ2v) is 8.61. The molecule has 0 aliphatic carbocycles. The summed E-state index contributed by atoms with van der Waals surface area (Å²) in [5.41, 5.74) is 1.39. The van der Waals surface area contributed by atoms with Crippen molar-refractivity contribution in [1.82, 2.24) is 5.32 Å². The van der Waals surface area contributed by atoms with Crippen molar-refractivity contribution in [3.63, 3.8) is 0 Å². The summed E-state index contributed by atoms with van der Waals surface area (Å²) in [5, 5.41) is 12.5. The van der Waals surface area contributed by atoms with E-state index in [2.05, 4.69) is 25.2 Å². The van der Waals surface area contributed by atoms with E-state index < -0.39 is 16.2 Å². The van der Waals surface area contributed by atoms with Crippen LogP contribution in [0, 0.1) is 23.2 Å². The molecule has 1 heterocycles. The molecule has 0 aromatic heterocycles.